The molecule has 0 aromatic heterocycles. The first-order valence-corrected chi connectivity index (χ1v) is 11.3. The lowest BCUT2D eigenvalue weighted by Crippen LogP contribution is -1.86. The zero-order valence-corrected chi connectivity index (χ0v) is 17.4. The van der Waals surface area contributed by atoms with Crippen molar-refractivity contribution in [3.05, 3.63) is 0 Å². The second kappa shape index (κ2) is 22.8. The van der Waals surface area contributed by atoms with Crippen molar-refractivity contribution < 1.29 is 36.2 Å². The van der Waals surface area contributed by atoms with Crippen LogP contribution in [0.5, 0.6) is 0 Å². The molecule has 0 aliphatic heterocycles. The third-order valence-corrected chi connectivity index (χ3v) is 1.57. The zero-order chi connectivity index (χ0) is 19.4. The maximum atomic E-state index is 10.4. The van der Waals surface area contributed by atoms with Gasteiger partial charge in [0.15, 0.2) is 7.37 Å². The number of carbonyl (C=O) groups excluding carboxylic acids is 2. The Kier molecular flexibility index (Phi) is 34.4. The minimum atomic E-state index is -2.67. The summed E-state index contributed by atoms with van der Waals surface area (Å²) in [6.07, 6.45) is 3.07. The van der Waals surface area contributed by atoms with Gasteiger partial charge in [0.2, 0.25) is 0 Å². The van der Waals surface area contributed by atoms with Crippen LogP contribution in [0.1, 0.15) is 20.8 Å². The molecular formula is C11H29O8P2S+. The van der Waals surface area contributed by atoms with Gasteiger partial charge in [0.25, 0.3) is 0 Å². The molecule has 0 saturated carbocycles. The highest BCUT2D eigenvalue weighted by atomic mass is 32.2. The molecule has 0 bridgehead atoms. The molecular weight excluding hydrogens is 354 g/mol. The lowest BCUT2D eigenvalue weighted by atomic mass is 10.6. The van der Waals surface area contributed by atoms with E-state index in [4.69, 9.17) is 9.36 Å². The van der Waals surface area contributed by atoms with Crippen LogP contribution in [-0.4, -0.2) is 60.5 Å². The summed E-state index contributed by atoms with van der Waals surface area (Å²) in [5, 5.41) is 0. The highest BCUT2D eigenvalue weighted by Crippen LogP contribution is 2.35. The first-order valence-electron chi connectivity index (χ1n) is 5.65. The Labute approximate surface area is 135 Å². The molecule has 11 heteroatoms. The van der Waals surface area contributed by atoms with Crippen molar-refractivity contribution in [1.82, 2.24) is 0 Å². The van der Waals surface area contributed by atoms with E-state index in [0.717, 1.165) is 18.8 Å². The molecule has 0 aromatic carbocycles. The summed E-state index contributed by atoms with van der Waals surface area (Å²) in [4.78, 5) is 18.2. The molecule has 22 heavy (non-hydrogen) atoms. The molecule has 0 rings (SSSR count). The summed E-state index contributed by atoms with van der Waals surface area (Å²) in [6, 6.07) is 0. The number of ketones is 1. The van der Waals surface area contributed by atoms with E-state index in [1.807, 2.05) is 0 Å². The van der Waals surface area contributed by atoms with Crippen LogP contribution in [0, 0.1) is 0 Å². The Morgan fingerprint density at radius 3 is 1.23 bits per heavy atom. The molecule has 0 N–H and O–H groups in total. The Hall–Kier alpha value is -0.460. The van der Waals surface area contributed by atoms with Crippen LogP contribution in [0.25, 0.3) is 0 Å². The molecule has 1 unspecified atom stereocenters. The molecule has 0 saturated heterocycles. The average Bonchev–Trinajstić information content (AvgIpc) is 2.26. The highest BCUT2D eigenvalue weighted by molar-refractivity contribution is 7.89. The quantitative estimate of drug-likeness (QED) is 0.525. The van der Waals surface area contributed by atoms with Gasteiger partial charge in [-0.25, -0.2) is 8.42 Å². The van der Waals surface area contributed by atoms with E-state index in [2.05, 4.69) is 9.05 Å². The van der Waals surface area contributed by atoms with Crippen molar-refractivity contribution in [2.24, 2.45) is 0 Å². The summed E-state index contributed by atoms with van der Waals surface area (Å²) in [7, 11) is -2.60. The van der Waals surface area contributed by atoms with Crippen molar-refractivity contribution in [2.45, 2.75) is 20.8 Å². The van der Waals surface area contributed by atoms with Gasteiger partial charge in [-0.2, -0.15) is 4.52 Å². The van der Waals surface area contributed by atoms with Gasteiger partial charge in [-0.1, -0.05) is 0 Å². The number of carbonyl (C=O) groups is 2. The molecule has 136 valence electrons. The van der Waals surface area contributed by atoms with Crippen LogP contribution >= 0.6 is 16.1 Å². The number of Topliss-reactive ketones (excluding diaryl/α,β-unsaturated/α-hetero) is 1. The van der Waals surface area contributed by atoms with E-state index in [1.54, 1.807) is 13.3 Å². The molecule has 0 aromatic rings. The fourth-order valence-corrected chi connectivity index (χ4v) is 0. The molecule has 0 heterocycles. The molecule has 1 atom stereocenters. The lowest BCUT2D eigenvalue weighted by molar-refractivity contribution is -0.115. The largest absolute Gasteiger partial charge is 0.493 e. The Bertz CT molecular complexity index is 388. The van der Waals surface area contributed by atoms with Crippen molar-refractivity contribution in [3.63, 3.8) is 0 Å². The number of hydrogen-bond donors (Lipinski definition) is 0. The van der Waals surface area contributed by atoms with E-state index in [1.165, 1.54) is 35.0 Å². The van der Waals surface area contributed by atoms with Gasteiger partial charge in [-0.15, -0.1) is 0 Å². The fraction of sp³-hybridized carbons (Fsp3) is 0.818. The third-order valence-electron chi connectivity index (χ3n) is 0.523. The first kappa shape index (κ1) is 33.2. The lowest BCUT2D eigenvalue weighted by Gasteiger charge is -1.98. The minimum absolute atomic E-state index is 0.167. The highest BCUT2D eigenvalue weighted by Gasteiger charge is 1.99. The molecule has 0 aliphatic rings. The standard InChI is InChI=1S/C3H9O2P.C3H6O.C2H6O2S.C2H4O.CH4O2P/c1-5-6(2,3)4;1-3(2)4;1-5(2,3)4;1-2-3;1-3-4-2/h1-3H3;1-2H3;1-2H3;2H,1H3;4H,1H3/q;;;;+1. The molecule has 0 fully saturated rings. The maximum absolute atomic E-state index is 10.4. The van der Waals surface area contributed by atoms with Crippen LogP contribution in [0.15, 0.2) is 0 Å². The number of hydrogen-bond acceptors (Lipinski definition) is 8. The van der Waals surface area contributed by atoms with Crippen LogP contribution in [0.3, 0.4) is 0 Å². The Morgan fingerprint density at radius 1 is 1.14 bits per heavy atom. The predicted molar refractivity (Wildman–Crippen MR) is 91.3 cm³/mol. The van der Waals surface area contributed by atoms with Gasteiger partial charge in [0.05, 0.1) is 7.11 Å². The summed E-state index contributed by atoms with van der Waals surface area (Å²) >= 11 is 0. The molecule has 0 aliphatic carbocycles. The van der Waals surface area contributed by atoms with Crippen molar-refractivity contribution in [2.75, 3.05) is 40.1 Å². The second-order valence-corrected chi connectivity index (χ2v) is 9.74. The van der Waals surface area contributed by atoms with Crippen molar-refractivity contribution in [3.8, 4) is 0 Å². The SMILES string of the molecule is CC(C)=O.CC=O.COP(C)(C)=O.CO[PH+]=O.CS(C)(=O)=O. The summed E-state index contributed by atoms with van der Waals surface area (Å²) in [5.41, 5.74) is 0. The van der Waals surface area contributed by atoms with Crippen LogP contribution in [0.2, 0.25) is 0 Å². The first-order chi connectivity index (χ1) is 9.62. The van der Waals surface area contributed by atoms with E-state index in [9.17, 15) is 17.8 Å². The van der Waals surface area contributed by atoms with Crippen LogP contribution < -0.4 is 0 Å². The van der Waals surface area contributed by atoms with Crippen LogP contribution in [0.4, 0.5) is 0 Å². The van der Waals surface area contributed by atoms with Crippen molar-refractivity contribution in [1.29, 1.82) is 0 Å². The Balaban J connectivity index is -0.0000000559. The van der Waals surface area contributed by atoms with Crippen LogP contribution in [-0.2, 0) is 37.6 Å². The van der Waals surface area contributed by atoms with Gasteiger partial charge in [-0.05, 0) is 25.3 Å². The Morgan fingerprint density at radius 2 is 1.23 bits per heavy atom. The van der Waals surface area contributed by atoms with E-state index >= 15 is 0 Å². The number of aldehydes is 1. The number of sulfone groups is 1. The van der Waals surface area contributed by atoms with E-state index < -0.39 is 25.9 Å². The summed E-state index contributed by atoms with van der Waals surface area (Å²) in [6.45, 7) is 7.65. The van der Waals surface area contributed by atoms with Gasteiger partial charge in [0.1, 0.15) is 21.9 Å². The second-order valence-electron chi connectivity index (χ2n) is 4.01. The van der Waals surface area contributed by atoms with Crippen molar-refractivity contribution >= 4 is 38.0 Å². The number of rotatable bonds is 2. The van der Waals surface area contributed by atoms with Gasteiger partial charge >= 0.3 is 8.69 Å². The third kappa shape index (κ3) is 536. The van der Waals surface area contributed by atoms with Gasteiger partial charge in [-0.3, -0.25) is 4.57 Å². The fourth-order valence-electron chi connectivity index (χ4n) is 0. The predicted octanol–water partition coefficient (Wildman–Crippen LogP) is 2.20. The normalized spacial score (nSPS) is 9.14. The monoisotopic (exact) mass is 383 g/mol. The topological polar surface area (TPSA) is 121 Å². The molecule has 8 nitrogen and oxygen atoms in total. The molecule has 0 spiro atoms. The zero-order valence-electron chi connectivity index (χ0n) is 14.7. The summed E-state index contributed by atoms with van der Waals surface area (Å²) in [5.74, 6) is 0.167. The maximum Gasteiger partial charge on any atom is 0.493 e. The van der Waals surface area contributed by atoms with E-state index in [-0.39, 0.29) is 5.78 Å². The van der Waals surface area contributed by atoms with Gasteiger partial charge < -0.3 is 14.1 Å². The van der Waals surface area contributed by atoms with Gasteiger partial charge in [0, 0.05) is 33.0 Å². The van der Waals surface area contributed by atoms with E-state index in [0.29, 0.717) is 0 Å². The average molecular weight is 383 g/mol. The summed E-state index contributed by atoms with van der Waals surface area (Å²) < 4.78 is 47.2. The smallest absolute Gasteiger partial charge is 0.332 e. The molecule has 0 amide bonds. The molecule has 0 radical (unpaired) electrons. The minimum Gasteiger partial charge on any atom is -0.332 e.